The molecule has 0 amide bonds. The van der Waals surface area contributed by atoms with Crippen molar-refractivity contribution >= 4 is 0 Å². The lowest BCUT2D eigenvalue weighted by molar-refractivity contribution is 0.151. The Morgan fingerprint density at radius 3 is 3.00 bits per heavy atom. The highest BCUT2D eigenvalue weighted by Crippen LogP contribution is 2.23. The number of methoxy groups -OCH3 is 1. The summed E-state index contributed by atoms with van der Waals surface area (Å²) in [5.41, 5.74) is 1.28. The summed E-state index contributed by atoms with van der Waals surface area (Å²) in [6.45, 7) is 7.12. The number of ether oxygens (including phenoxy) is 1. The molecule has 2 fully saturated rings. The molecule has 0 aromatic carbocycles. The molecular formula is C16H26N2O2. The van der Waals surface area contributed by atoms with E-state index < -0.39 is 0 Å². The average molecular weight is 278 g/mol. The van der Waals surface area contributed by atoms with Gasteiger partial charge in [-0.05, 0) is 50.3 Å². The van der Waals surface area contributed by atoms with Crippen LogP contribution in [0.15, 0.2) is 10.5 Å². The molecule has 1 atom stereocenters. The van der Waals surface area contributed by atoms with Crippen LogP contribution < -0.4 is 5.32 Å². The summed E-state index contributed by atoms with van der Waals surface area (Å²) in [6, 6.07) is 2.93. The van der Waals surface area contributed by atoms with Crippen molar-refractivity contribution in [2.24, 2.45) is 5.92 Å². The molecule has 0 bridgehead atoms. The van der Waals surface area contributed by atoms with Crippen molar-refractivity contribution in [2.45, 2.75) is 45.3 Å². The van der Waals surface area contributed by atoms with Crippen molar-refractivity contribution in [3.63, 3.8) is 0 Å². The van der Waals surface area contributed by atoms with Crippen molar-refractivity contribution in [2.75, 3.05) is 26.8 Å². The molecular weight excluding hydrogens is 252 g/mol. The zero-order valence-corrected chi connectivity index (χ0v) is 12.7. The molecule has 1 aromatic rings. The predicted octanol–water partition coefficient (Wildman–Crippen LogP) is 2.31. The zero-order chi connectivity index (χ0) is 13.9. The van der Waals surface area contributed by atoms with Gasteiger partial charge in [0.25, 0.3) is 0 Å². The number of hydrogen-bond acceptors (Lipinski definition) is 4. The molecule has 1 saturated heterocycles. The lowest BCUT2D eigenvalue weighted by Gasteiger charge is -2.14. The van der Waals surface area contributed by atoms with Crippen LogP contribution in [0.5, 0.6) is 0 Å². The van der Waals surface area contributed by atoms with Crippen LogP contribution >= 0.6 is 0 Å². The van der Waals surface area contributed by atoms with Crippen LogP contribution in [0.25, 0.3) is 0 Å². The molecule has 2 aliphatic rings. The maximum Gasteiger partial charge on any atom is 0.120 e. The first-order valence-electron chi connectivity index (χ1n) is 7.77. The Morgan fingerprint density at radius 1 is 1.40 bits per heavy atom. The Morgan fingerprint density at radius 2 is 2.25 bits per heavy atom. The van der Waals surface area contributed by atoms with Gasteiger partial charge in [-0.15, -0.1) is 0 Å². The van der Waals surface area contributed by atoms with Crippen LogP contribution in [0, 0.1) is 12.8 Å². The summed E-state index contributed by atoms with van der Waals surface area (Å²) in [5.74, 6) is 2.90. The van der Waals surface area contributed by atoms with Crippen molar-refractivity contribution in [1.82, 2.24) is 10.2 Å². The Hall–Kier alpha value is -0.840. The summed E-state index contributed by atoms with van der Waals surface area (Å²) >= 11 is 0. The fourth-order valence-electron chi connectivity index (χ4n) is 3.02. The third kappa shape index (κ3) is 3.62. The fraction of sp³-hybridized carbons (Fsp3) is 0.750. The highest BCUT2D eigenvalue weighted by atomic mass is 16.5. The number of hydrogen-bond donors (Lipinski definition) is 1. The van der Waals surface area contributed by atoms with Gasteiger partial charge in [0.1, 0.15) is 11.5 Å². The van der Waals surface area contributed by atoms with Gasteiger partial charge < -0.3 is 14.5 Å². The third-order valence-electron chi connectivity index (χ3n) is 4.35. The molecule has 1 N–H and O–H groups in total. The van der Waals surface area contributed by atoms with Crippen LogP contribution in [0.2, 0.25) is 0 Å². The summed E-state index contributed by atoms with van der Waals surface area (Å²) in [6.07, 6.45) is 3.88. The maximum atomic E-state index is 6.01. The first-order valence-corrected chi connectivity index (χ1v) is 7.77. The van der Waals surface area contributed by atoms with Gasteiger partial charge in [-0.25, -0.2) is 0 Å². The summed E-state index contributed by atoms with van der Waals surface area (Å²) < 4.78 is 11.3. The molecule has 3 rings (SSSR count). The second-order valence-electron chi connectivity index (χ2n) is 6.32. The molecule has 20 heavy (non-hydrogen) atoms. The molecule has 4 nitrogen and oxygen atoms in total. The highest BCUT2D eigenvalue weighted by Gasteiger charge is 2.24. The molecule has 1 saturated carbocycles. The number of nitrogens with zero attached hydrogens (tertiary/aromatic N) is 1. The van der Waals surface area contributed by atoms with Gasteiger partial charge in [0.2, 0.25) is 0 Å². The monoisotopic (exact) mass is 278 g/mol. The molecule has 0 radical (unpaired) electrons. The number of furan rings is 1. The van der Waals surface area contributed by atoms with Gasteiger partial charge in [0, 0.05) is 19.7 Å². The van der Waals surface area contributed by atoms with E-state index in [2.05, 4.69) is 23.2 Å². The van der Waals surface area contributed by atoms with E-state index in [1.54, 1.807) is 7.11 Å². The molecule has 1 aliphatic heterocycles. The van der Waals surface area contributed by atoms with Crippen LogP contribution in [0.3, 0.4) is 0 Å². The van der Waals surface area contributed by atoms with E-state index in [-0.39, 0.29) is 0 Å². The lowest BCUT2D eigenvalue weighted by atomic mass is 10.1. The minimum Gasteiger partial charge on any atom is -0.463 e. The molecule has 2 heterocycles. The van der Waals surface area contributed by atoms with Crippen LogP contribution in [0.4, 0.5) is 0 Å². The minimum absolute atomic E-state index is 0.687. The highest BCUT2D eigenvalue weighted by molar-refractivity contribution is 5.20. The molecule has 1 aromatic heterocycles. The van der Waals surface area contributed by atoms with Crippen LogP contribution in [-0.2, 0) is 17.8 Å². The zero-order valence-electron chi connectivity index (χ0n) is 12.7. The number of nitrogens with one attached hydrogen (secondary N) is 1. The first kappa shape index (κ1) is 14.1. The van der Waals surface area contributed by atoms with Crippen molar-refractivity contribution in [3.05, 3.63) is 23.2 Å². The second-order valence-corrected chi connectivity index (χ2v) is 6.32. The standard InChI is InChI=1S/C16H26N2O2/c1-12-7-15(20-16(12)8-17-14-3-4-14)10-18-6-5-13(9-18)11-19-2/h7,13-14,17H,3-6,8-11H2,1-2H3. The second kappa shape index (κ2) is 6.29. The minimum atomic E-state index is 0.687. The van der Waals surface area contributed by atoms with Gasteiger partial charge in [-0.1, -0.05) is 0 Å². The van der Waals surface area contributed by atoms with Gasteiger partial charge in [-0.3, -0.25) is 4.90 Å². The molecule has 1 aliphatic carbocycles. The number of aryl methyl sites for hydroxylation is 1. The molecule has 4 heteroatoms. The van der Waals surface area contributed by atoms with E-state index in [9.17, 15) is 0 Å². The van der Waals surface area contributed by atoms with Crippen molar-refractivity contribution in [3.8, 4) is 0 Å². The quantitative estimate of drug-likeness (QED) is 0.830. The largest absolute Gasteiger partial charge is 0.463 e. The number of rotatable bonds is 7. The lowest BCUT2D eigenvalue weighted by Crippen LogP contribution is -2.21. The molecule has 112 valence electrons. The predicted molar refractivity (Wildman–Crippen MR) is 78.6 cm³/mol. The average Bonchev–Trinajstić information content (AvgIpc) is 3.05. The maximum absolute atomic E-state index is 6.01. The normalized spacial score (nSPS) is 23.6. The Bertz CT molecular complexity index is 440. The van der Waals surface area contributed by atoms with E-state index in [0.29, 0.717) is 5.92 Å². The third-order valence-corrected chi connectivity index (χ3v) is 4.35. The summed E-state index contributed by atoms with van der Waals surface area (Å²) in [5, 5.41) is 3.52. The number of likely N-dealkylation sites (tertiary alicyclic amines) is 1. The molecule has 0 spiro atoms. The van der Waals surface area contributed by atoms with E-state index in [0.717, 1.165) is 50.3 Å². The smallest absolute Gasteiger partial charge is 0.120 e. The van der Waals surface area contributed by atoms with Gasteiger partial charge in [0.05, 0.1) is 19.7 Å². The Labute approximate surface area is 121 Å². The summed E-state index contributed by atoms with van der Waals surface area (Å²) in [7, 11) is 1.79. The van der Waals surface area contributed by atoms with E-state index in [1.807, 2.05) is 0 Å². The molecule has 1 unspecified atom stereocenters. The Balaban J connectivity index is 1.51. The van der Waals surface area contributed by atoms with E-state index >= 15 is 0 Å². The van der Waals surface area contributed by atoms with Gasteiger partial charge in [0.15, 0.2) is 0 Å². The van der Waals surface area contributed by atoms with E-state index in [1.165, 1.54) is 24.8 Å². The topological polar surface area (TPSA) is 37.6 Å². The Kier molecular flexibility index (Phi) is 4.44. The van der Waals surface area contributed by atoms with Crippen molar-refractivity contribution < 1.29 is 9.15 Å². The van der Waals surface area contributed by atoms with E-state index in [4.69, 9.17) is 9.15 Å². The van der Waals surface area contributed by atoms with Crippen molar-refractivity contribution in [1.29, 1.82) is 0 Å². The fourth-order valence-corrected chi connectivity index (χ4v) is 3.02. The van der Waals surface area contributed by atoms with Gasteiger partial charge >= 0.3 is 0 Å². The van der Waals surface area contributed by atoms with Crippen LogP contribution in [0.1, 0.15) is 36.3 Å². The first-order chi connectivity index (χ1) is 9.74. The SMILES string of the molecule is COCC1CCN(Cc2cc(C)c(CNC3CC3)o2)C1. The van der Waals surface area contributed by atoms with Crippen LogP contribution in [-0.4, -0.2) is 37.7 Å². The van der Waals surface area contributed by atoms with Gasteiger partial charge in [-0.2, -0.15) is 0 Å². The summed E-state index contributed by atoms with van der Waals surface area (Å²) in [4.78, 5) is 2.47.